The number of rotatable bonds is 4. The smallest absolute Gasteiger partial charge is 0.341 e. The van der Waals surface area contributed by atoms with Crippen molar-refractivity contribution < 1.29 is 17.5 Å². The number of nitrogens with zero attached hydrogens (tertiary/aromatic N) is 2. The van der Waals surface area contributed by atoms with Gasteiger partial charge in [-0.2, -0.15) is 8.42 Å². The van der Waals surface area contributed by atoms with Crippen LogP contribution in [-0.4, -0.2) is 18.3 Å². The molecule has 3 aromatic rings. The van der Waals surface area contributed by atoms with E-state index in [1.165, 1.54) is 24.3 Å². The van der Waals surface area contributed by atoms with E-state index in [1.54, 1.807) is 18.3 Å². The number of aryl methyl sites for hydroxylation is 1. The second-order valence-electron chi connectivity index (χ2n) is 5.13. The molecule has 0 fully saturated rings. The zero-order valence-corrected chi connectivity index (χ0v) is 13.4. The monoisotopic (exact) mass is 344 g/mol. The lowest BCUT2D eigenvalue weighted by Crippen LogP contribution is -2.11. The largest absolute Gasteiger partial charge is 0.379 e. The van der Waals surface area contributed by atoms with Crippen LogP contribution in [0.1, 0.15) is 5.56 Å². The van der Waals surface area contributed by atoms with Crippen LogP contribution in [-0.2, 0) is 10.1 Å². The summed E-state index contributed by atoms with van der Waals surface area (Å²) in [5.41, 5.74) is 0.930. The molecule has 0 amide bonds. The molecule has 0 atom stereocenters. The van der Waals surface area contributed by atoms with Gasteiger partial charge >= 0.3 is 10.1 Å². The minimum atomic E-state index is -4.18. The van der Waals surface area contributed by atoms with Crippen LogP contribution in [0.2, 0.25) is 0 Å². The lowest BCUT2D eigenvalue weighted by molar-refractivity contribution is -0.384. The average Bonchev–Trinajstić information content (AvgIpc) is 2.53. The number of aromatic nitrogens is 1. The van der Waals surface area contributed by atoms with Crippen molar-refractivity contribution in [2.45, 2.75) is 11.8 Å². The van der Waals surface area contributed by atoms with Gasteiger partial charge in [0.25, 0.3) is 5.69 Å². The highest BCUT2D eigenvalue weighted by atomic mass is 32.2. The first-order chi connectivity index (χ1) is 11.4. The third-order valence-corrected chi connectivity index (χ3v) is 4.59. The van der Waals surface area contributed by atoms with Gasteiger partial charge in [0.15, 0.2) is 0 Å². The van der Waals surface area contributed by atoms with Crippen molar-refractivity contribution in [1.29, 1.82) is 0 Å². The number of hydrogen-bond donors (Lipinski definition) is 0. The number of benzene rings is 2. The van der Waals surface area contributed by atoms with Crippen LogP contribution < -0.4 is 4.18 Å². The first-order valence-electron chi connectivity index (χ1n) is 6.91. The molecule has 0 spiro atoms. The Morgan fingerprint density at radius 1 is 1.12 bits per heavy atom. The van der Waals surface area contributed by atoms with Crippen LogP contribution >= 0.6 is 0 Å². The molecule has 0 aliphatic carbocycles. The quantitative estimate of drug-likeness (QED) is 0.409. The van der Waals surface area contributed by atoms with Crippen LogP contribution in [0.5, 0.6) is 5.75 Å². The summed E-state index contributed by atoms with van der Waals surface area (Å²) < 4.78 is 30.1. The van der Waals surface area contributed by atoms with Crippen LogP contribution in [0.25, 0.3) is 10.9 Å². The maximum atomic E-state index is 12.5. The van der Waals surface area contributed by atoms with Crippen molar-refractivity contribution in [2.24, 2.45) is 0 Å². The fourth-order valence-corrected chi connectivity index (χ4v) is 3.36. The first kappa shape index (κ1) is 15.9. The summed E-state index contributed by atoms with van der Waals surface area (Å²) in [7, 11) is -4.18. The maximum Gasteiger partial charge on any atom is 0.341 e. The van der Waals surface area contributed by atoms with Crippen LogP contribution in [0.3, 0.4) is 0 Å². The summed E-state index contributed by atoms with van der Waals surface area (Å²) in [6.07, 6.45) is 1.56. The van der Waals surface area contributed by atoms with Crippen molar-refractivity contribution in [1.82, 2.24) is 4.98 Å². The SMILES string of the molecule is Cc1cnc2c(S(=O)(=O)Oc3cccc([N+](=O)[O-])c3)cccc2c1. The number of hydrogen-bond acceptors (Lipinski definition) is 6. The summed E-state index contributed by atoms with van der Waals surface area (Å²) >= 11 is 0. The molecular formula is C16H12N2O5S. The summed E-state index contributed by atoms with van der Waals surface area (Å²) in [5, 5.41) is 11.5. The predicted molar refractivity (Wildman–Crippen MR) is 87.4 cm³/mol. The molecule has 2 aromatic carbocycles. The third-order valence-electron chi connectivity index (χ3n) is 3.31. The van der Waals surface area contributed by atoms with Crippen molar-refractivity contribution in [3.63, 3.8) is 0 Å². The number of nitro benzene ring substituents is 1. The molecule has 0 unspecified atom stereocenters. The standard InChI is InChI=1S/C16H12N2O5S/c1-11-8-12-4-2-7-15(16(12)17-10-11)24(21,22)23-14-6-3-5-13(9-14)18(19)20/h2-10H,1H3. The Hall–Kier alpha value is -3.00. The molecule has 0 aliphatic rings. The number of pyridine rings is 1. The lowest BCUT2D eigenvalue weighted by atomic mass is 10.2. The molecule has 0 N–H and O–H groups in total. The van der Waals surface area contributed by atoms with E-state index >= 15 is 0 Å². The zero-order chi connectivity index (χ0) is 17.3. The van der Waals surface area contributed by atoms with Gasteiger partial charge in [-0.3, -0.25) is 15.1 Å². The Morgan fingerprint density at radius 3 is 2.62 bits per heavy atom. The minimum Gasteiger partial charge on any atom is -0.379 e. The maximum absolute atomic E-state index is 12.5. The molecule has 0 saturated carbocycles. The Morgan fingerprint density at radius 2 is 1.88 bits per heavy atom. The highest BCUT2D eigenvalue weighted by molar-refractivity contribution is 7.87. The summed E-state index contributed by atoms with van der Waals surface area (Å²) in [6.45, 7) is 1.85. The fraction of sp³-hybridized carbons (Fsp3) is 0.0625. The van der Waals surface area contributed by atoms with E-state index in [-0.39, 0.29) is 21.8 Å². The van der Waals surface area contributed by atoms with Gasteiger partial charge in [0.05, 0.1) is 16.5 Å². The Kier molecular flexibility index (Phi) is 3.90. The van der Waals surface area contributed by atoms with E-state index in [4.69, 9.17) is 4.18 Å². The van der Waals surface area contributed by atoms with Gasteiger partial charge in [0.2, 0.25) is 0 Å². The molecule has 122 valence electrons. The summed E-state index contributed by atoms with van der Waals surface area (Å²) in [5.74, 6) is -0.131. The second kappa shape index (κ2) is 5.89. The van der Waals surface area contributed by atoms with E-state index in [0.29, 0.717) is 5.39 Å². The van der Waals surface area contributed by atoms with Crippen molar-refractivity contribution in [2.75, 3.05) is 0 Å². The topological polar surface area (TPSA) is 99.4 Å². The van der Waals surface area contributed by atoms with Crippen LogP contribution in [0.4, 0.5) is 5.69 Å². The molecule has 3 rings (SSSR count). The van der Waals surface area contributed by atoms with Gasteiger partial charge in [-0.15, -0.1) is 0 Å². The lowest BCUT2D eigenvalue weighted by Gasteiger charge is -2.09. The molecule has 8 heteroatoms. The van der Waals surface area contributed by atoms with Gasteiger partial charge in [0.1, 0.15) is 10.6 Å². The molecule has 0 saturated heterocycles. The van der Waals surface area contributed by atoms with Gasteiger partial charge in [-0.1, -0.05) is 18.2 Å². The third kappa shape index (κ3) is 3.04. The van der Waals surface area contributed by atoms with Crippen molar-refractivity contribution >= 4 is 26.7 Å². The number of non-ortho nitro benzene ring substituents is 1. The zero-order valence-electron chi connectivity index (χ0n) is 12.5. The Labute approximate surface area is 137 Å². The Bertz CT molecular complexity index is 1050. The van der Waals surface area contributed by atoms with E-state index in [1.807, 2.05) is 13.0 Å². The molecular weight excluding hydrogens is 332 g/mol. The predicted octanol–water partition coefficient (Wildman–Crippen LogP) is 3.22. The van der Waals surface area contributed by atoms with Crippen LogP contribution in [0, 0.1) is 17.0 Å². The van der Waals surface area contributed by atoms with Crippen molar-refractivity contribution in [3.8, 4) is 5.75 Å². The molecule has 1 aromatic heterocycles. The Balaban J connectivity index is 2.06. The molecule has 24 heavy (non-hydrogen) atoms. The van der Waals surface area contributed by atoms with E-state index in [0.717, 1.165) is 11.6 Å². The van der Waals surface area contributed by atoms with E-state index in [9.17, 15) is 18.5 Å². The van der Waals surface area contributed by atoms with Gasteiger partial charge in [0, 0.05) is 17.6 Å². The number of para-hydroxylation sites is 1. The highest BCUT2D eigenvalue weighted by Gasteiger charge is 2.21. The fourth-order valence-electron chi connectivity index (χ4n) is 2.27. The summed E-state index contributed by atoms with van der Waals surface area (Å²) in [4.78, 5) is 14.2. The van der Waals surface area contributed by atoms with Gasteiger partial charge in [-0.25, -0.2) is 0 Å². The average molecular weight is 344 g/mol. The minimum absolute atomic E-state index is 0.0912. The molecule has 7 nitrogen and oxygen atoms in total. The van der Waals surface area contributed by atoms with Crippen molar-refractivity contribution in [3.05, 3.63) is 70.4 Å². The second-order valence-corrected chi connectivity index (χ2v) is 6.65. The number of nitro groups is 1. The molecule has 0 aliphatic heterocycles. The molecule has 0 bridgehead atoms. The van der Waals surface area contributed by atoms with E-state index < -0.39 is 15.0 Å². The first-order valence-corrected chi connectivity index (χ1v) is 8.32. The normalized spacial score (nSPS) is 11.4. The molecule has 0 radical (unpaired) electrons. The molecule has 1 heterocycles. The number of fused-ring (bicyclic) bond motifs is 1. The van der Waals surface area contributed by atoms with Crippen LogP contribution in [0.15, 0.2) is 59.6 Å². The van der Waals surface area contributed by atoms with E-state index in [2.05, 4.69) is 4.98 Å². The highest BCUT2D eigenvalue weighted by Crippen LogP contribution is 2.26. The van der Waals surface area contributed by atoms with Gasteiger partial charge in [-0.05, 0) is 30.7 Å². The van der Waals surface area contributed by atoms with Gasteiger partial charge < -0.3 is 4.18 Å². The summed E-state index contributed by atoms with van der Waals surface area (Å²) in [6, 6.07) is 11.5.